The smallest absolute Gasteiger partial charge is 0.224 e. The Morgan fingerprint density at radius 3 is 2.40 bits per heavy atom. The summed E-state index contributed by atoms with van der Waals surface area (Å²) in [5.41, 5.74) is 5.62. The summed E-state index contributed by atoms with van der Waals surface area (Å²) in [6.45, 7) is 8.97. The van der Waals surface area contributed by atoms with Crippen LogP contribution in [0.4, 0.5) is 0 Å². The van der Waals surface area contributed by atoms with Crippen molar-refractivity contribution in [3.05, 3.63) is 0 Å². The van der Waals surface area contributed by atoms with Crippen LogP contribution in [0.5, 0.6) is 0 Å². The summed E-state index contributed by atoms with van der Waals surface area (Å²) in [6.07, 6.45) is 1.67. The van der Waals surface area contributed by atoms with Crippen molar-refractivity contribution in [1.29, 1.82) is 0 Å². The molecule has 0 aromatic rings. The van der Waals surface area contributed by atoms with Crippen LogP contribution in [0.2, 0.25) is 0 Å². The van der Waals surface area contributed by atoms with Crippen LogP contribution < -0.4 is 5.73 Å². The summed E-state index contributed by atoms with van der Waals surface area (Å²) in [4.78, 5) is 16.1. The van der Waals surface area contributed by atoms with Crippen molar-refractivity contribution >= 4 is 5.91 Å². The first-order chi connectivity index (χ1) is 7.13. The van der Waals surface area contributed by atoms with Crippen LogP contribution in [0.3, 0.4) is 0 Å². The van der Waals surface area contributed by atoms with Crippen LogP contribution in [0.1, 0.15) is 26.7 Å². The summed E-state index contributed by atoms with van der Waals surface area (Å²) in [5, 5.41) is 0. The zero-order valence-electron chi connectivity index (χ0n) is 9.91. The average molecular weight is 213 g/mol. The van der Waals surface area contributed by atoms with E-state index in [0.29, 0.717) is 6.42 Å². The molecule has 15 heavy (non-hydrogen) atoms. The van der Waals surface area contributed by atoms with E-state index in [1.165, 1.54) is 6.42 Å². The molecule has 1 rings (SSSR count). The molecule has 1 aliphatic heterocycles. The minimum atomic E-state index is -0.0221. The number of amides is 1. The fourth-order valence-electron chi connectivity index (χ4n) is 1.94. The first kappa shape index (κ1) is 12.5. The standard InChI is InChI=1S/C11H23N3O/c1-3-4-13-5-7-14(8-6-13)11(15)9-10(2)12/h10H,3-9,12H2,1-2H3. The average Bonchev–Trinajstić information content (AvgIpc) is 2.18. The summed E-state index contributed by atoms with van der Waals surface area (Å²) < 4.78 is 0. The normalized spacial score (nSPS) is 20.3. The predicted molar refractivity (Wildman–Crippen MR) is 61.6 cm³/mol. The molecule has 1 heterocycles. The van der Waals surface area contributed by atoms with Gasteiger partial charge < -0.3 is 10.6 Å². The van der Waals surface area contributed by atoms with E-state index in [1.54, 1.807) is 0 Å². The van der Waals surface area contributed by atoms with Gasteiger partial charge in [-0.15, -0.1) is 0 Å². The van der Waals surface area contributed by atoms with Gasteiger partial charge in [-0.1, -0.05) is 6.92 Å². The quantitative estimate of drug-likeness (QED) is 0.729. The lowest BCUT2D eigenvalue weighted by Gasteiger charge is -2.34. The number of nitrogens with two attached hydrogens (primary N) is 1. The van der Waals surface area contributed by atoms with Gasteiger partial charge in [-0.05, 0) is 19.9 Å². The monoisotopic (exact) mass is 213 g/mol. The zero-order chi connectivity index (χ0) is 11.3. The van der Waals surface area contributed by atoms with E-state index in [-0.39, 0.29) is 11.9 Å². The fraction of sp³-hybridized carbons (Fsp3) is 0.909. The van der Waals surface area contributed by atoms with Gasteiger partial charge in [0.15, 0.2) is 0 Å². The number of hydrogen-bond acceptors (Lipinski definition) is 3. The number of nitrogens with zero attached hydrogens (tertiary/aromatic N) is 2. The molecule has 1 unspecified atom stereocenters. The predicted octanol–water partition coefficient (Wildman–Crippen LogP) is 0.278. The summed E-state index contributed by atoms with van der Waals surface area (Å²) in [7, 11) is 0. The Bertz CT molecular complexity index is 198. The van der Waals surface area contributed by atoms with E-state index < -0.39 is 0 Å². The topological polar surface area (TPSA) is 49.6 Å². The Labute approximate surface area is 92.4 Å². The van der Waals surface area contributed by atoms with E-state index in [2.05, 4.69) is 11.8 Å². The largest absolute Gasteiger partial charge is 0.340 e. The highest BCUT2D eigenvalue weighted by molar-refractivity contribution is 5.76. The Morgan fingerprint density at radius 1 is 1.33 bits per heavy atom. The molecule has 0 saturated carbocycles. The summed E-state index contributed by atoms with van der Waals surface area (Å²) in [5.74, 6) is 0.209. The third-order valence-corrected chi connectivity index (χ3v) is 2.76. The Kier molecular flexibility index (Phi) is 5.05. The van der Waals surface area contributed by atoms with Gasteiger partial charge in [0.25, 0.3) is 0 Å². The molecule has 1 saturated heterocycles. The van der Waals surface area contributed by atoms with Crippen LogP contribution in [0, 0.1) is 0 Å². The molecule has 1 atom stereocenters. The second kappa shape index (κ2) is 6.08. The Morgan fingerprint density at radius 2 is 1.93 bits per heavy atom. The third kappa shape index (κ3) is 4.18. The Hall–Kier alpha value is -0.610. The van der Waals surface area contributed by atoms with Gasteiger partial charge >= 0.3 is 0 Å². The van der Waals surface area contributed by atoms with E-state index in [0.717, 1.165) is 32.7 Å². The van der Waals surface area contributed by atoms with Gasteiger partial charge in [0.05, 0.1) is 0 Å². The maximum atomic E-state index is 11.7. The maximum absolute atomic E-state index is 11.7. The van der Waals surface area contributed by atoms with Crippen molar-refractivity contribution in [3.8, 4) is 0 Å². The van der Waals surface area contributed by atoms with Crippen LogP contribution >= 0.6 is 0 Å². The molecule has 0 aromatic carbocycles. The van der Waals surface area contributed by atoms with Crippen LogP contribution in [0.15, 0.2) is 0 Å². The highest BCUT2D eigenvalue weighted by Gasteiger charge is 2.20. The SMILES string of the molecule is CCCN1CCN(C(=O)CC(C)N)CC1. The molecule has 0 bridgehead atoms. The molecule has 1 fully saturated rings. The molecule has 4 nitrogen and oxygen atoms in total. The van der Waals surface area contributed by atoms with Gasteiger partial charge in [-0.2, -0.15) is 0 Å². The van der Waals surface area contributed by atoms with E-state index in [4.69, 9.17) is 5.73 Å². The minimum absolute atomic E-state index is 0.0221. The molecule has 0 aromatic heterocycles. The van der Waals surface area contributed by atoms with Gasteiger partial charge in [0, 0.05) is 38.6 Å². The van der Waals surface area contributed by atoms with E-state index >= 15 is 0 Å². The molecule has 4 heteroatoms. The van der Waals surface area contributed by atoms with Crippen LogP contribution in [-0.2, 0) is 4.79 Å². The number of carbonyl (C=O) groups is 1. The lowest BCUT2D eigenvalue weighted by molar-refractivity contribution is -0.133. The molecular formula is C11H23N3O. The lowest BCUT2D eigenvalue weighted by atomic mass is 10.2. The number of rotatable bonds is 4. The number of carbonyl (C=O) groups excluding carboxylic acids is 1. The van der Waals surface area contributed by atoms with Gasteiger partial charge in [0.2, 0.25) is 5.91 Å². The highest BCUT2D eigenvalue weighted by Crippen LogP contribution is 2.05. The lowest BCUT2D eigenvalue weighted by Crippen LogP contribution is -2.49. The van der Waals surface area contributed by atoms with Crippen LogP contribution in [-0.4, -0.2) is 54.5 Å². The molecule has 2 N–H and O–H groups in total. The molecule has 0 radical (unpaired) electrons. The molecule has 1 aliphatic rings. The van der Waals surface area contributed by atoms with Crippen molar-refractivity contribution in [2.24, 2.45) is 5.73 Å². The Balaban J connectivity index is 2.27. The second-order valence-corrected chi connectivity index (χ2v) is 4.40. The summed E-state index contributed by atoms with van der Waals surface area (Å²) >= 11 is 0. The van der Waals surface area contributed by atoms with Crippen molar-refractivity contribution in [2.45, 2.75) is 32.7 Å². The zero-order valence-corrected chi connectivity index (χ0v) is 9.91. The van der Waals surface area contributed by atoms with Crippen molar-refractivity contribution in [3.63, 3.8) is 0 Å². The molecule has 0 spiro atoms. The van der Waals surface area contributed by atoms with E-state index in [9.17, 15) is 4.79 Å². The summed E-state index contributed by atoms with van der Waals surface area (Å²) in [6, 6.07) is -0.0221. The molecule has 0 aliphatic carbocycles. The molecule has 88 valence electrons. The number of piperazine rings is 1. The second-order valence-electron chi connectivity index (χ2n) is 4.40. The van der Waals surface area contributed by atoms with Gasteiger partial charge in [0.1, 0.15) is 0 Å². The molecule has 1 amide bonds. The van der Waals surface area contributed by atoms with E-state index in [1.807, 2.05) is 11.8 Å². The van der Waals surface area contributed by atoms with Crippen molar-refractivity contribution in [2.75, 3.05) is 32.7 Å². The van der Waals surface area contributed by atoms with Crippen molar-refractivity contribution in [1.82, 2.24) is 9.80 Å². The van der Waals surface area contributed by atoms with Crippen LogP contribution in [0.25, 0.3) is 0 Å². The van der Waals surface area contributed by atoms with Crippen molar-refractivity contribution < 1.29 is 4.79 Å². The maximum Gasteiger partial charge on any atom is 0.224 e. The molecular weight excluding hydrogens is 190 g/mol. The first-order valence-electron chi connectivity index (χ1n) is 5.89. The van der Waals surface area contributed by atoms with Gasteiger partial charge in [-0.3, -0.25) is 9.69 Å². The third-order valence-electron chi connectivity index (χ3n) is 2.76. The highest BCUT2D eigenvalue weighted by atomic mass is 16.2. The fourth-order valence-corrected chi connectivity index (χ4v) is 1.94. The first-order valence-corrected chi connectivity index (χ1v) is 5.89. The number of hydrogen-bond donors (Lipinski definition) is 1. The minimum Gasteiger partial charge on any atom is -0.340 e. The van der Waals surface area contributed by atoms with Gasteiger partial charge in [-0.25, -0.2) is 0 Å².